The molecule has 0 amide bonds. The lowest BCUT2D eigenvalue weighted by atomic mass is 10.2. The van der Waals surface area contributed by atoms with Gasteiger partial charge in [0, 0.05) is 6.20 Å². The van der Waals surface area contributed by atoms with E-state index in [1.807, 2.05) is 6.92 Å². The molecular weight excluding hydrogens is 343 g/mol. The van der Waals surface area contributed by atoms with Crippen LogP contribution in [0.25, 0.3) is 5.65 Å². The fourth-order valence-electron chi connectivity index (χ4n) is 2.07. The first-order valence-electron chi connectivity index (χ1n) is 6.58. The Morgan fingerprint density at radius 3 is 2.70 bits per heavy atom. The van der Waals surface area contributed by atoms with E-state index in [2.05, 4.69) is 14.9 Å². The summed E-state index contributed by atoms with van der Waals surface area (Å²) in [7, 11) is -4.03. The van der Waals surface area contributed by atoms with E-state index in [0.29, 0.717) is 5.65 Å². The summed E-state index contributed by atoms with van der Waals surface area (Å²) >= 11 is 5.86. The molecule has 0 aliphatic heterocycles. The van der Waals surface area contributed by atoms with Gasteiger partial charge in [-0.05, 0) is 49.2 Å². The molecule has 2 heterocycles. The largest absolute Gasteiger partial charge is 0.268 e. The Balaban J connectivity index is 2.05. The van der Waals surface area contributed by atoms with Crippen LogP contribution in [-0.2, 0) is 10.0 Å². The third kappa shape index (κ3) is 2.87. The van der Waals surface area contributed by atoms with E-state index in [9.17, 15) is 12.8 Å². The second kappa shape index (κ2) is 5.47. The maximum absolute atomic E-state index is 13.4. The molecule has 3 aromatic rings. The molecule has 0 unspecified atom stereocenters. The highest BCUT2D eigenvalue weighted by Gasteiger charge is 2.22. The average Bonchev–Trinajstić information content (AvgIpc) is 2.84. The number of sulfonamides is 1. The number of fused-ring (bicyclic) bond motifs is 1. The standard InChI is InChI=1S/C14H12ClFN4O2S/c1-8-3-4-20-13(5-8)17-18-14(20)19-23(21,22)12-6-9(2)11(16)7-10(12)15/h3-7H,1-2H3,(H,18,19). The summed E-state index contributed by atoms with van der Waals surface area (Å²) in [6.45, 7) is 3.35. The fourth-order valence-corrected chi connectivity index (χ4v) is 3.67. The third-order valence-electron chi connectivity index (χ3n) is 3.29. The molecule has 9 heteroatoms. The molecular formula is C14H12ClFN4O2S. The third-order valence-corrected chi connectivity index (χ3v) is 5.09. The Kier molecular flexibility index (Phi) is 3.73. The molecule has 0 atom stereocenters. The van der Waals surface area contributed by atoms with E-state index in [0.717, 1.165) is 11.6 Å². The van der Waals surface area contributed by atoms with Gasteiger partial charge in [0.25, 0.3) is 10.0 Å². The summed E-state index contributed by atoms with van der Waals surface area (Å²) in [6, 6.07) is 5.70. The normalized spacial score (nSPS) is 11.8. The SMILES string of the molecule is Cc1ccn2c(NS(=O)(=O)c3cc(C)c(F)cc3Cl)nnc2c1. The Labute approximate surface area is 137 Å². The summed E-state index contributed by atoms with van der Waals surface area (Å²) < 4.78 is 42.2. The molecule has 0 radical (unpaired) electrons. The first-order valence-corrected chi connectivity index (χ1v) is 8.44. The zero-order chi connectivity index (χ0) is 16.8. The lowest BCUT2D eigenvalue weighted by molar-refractivity contribution is 0.598. The number of aryl methyl sites for hydroxylation is 2. The van der Waals surface area contributed by atoms with E-state index in [1.165, 1.54) is 17.4 Å². The first-order chi connectivity index (χ1) is 10.8. The van der Waals surface area contributed by atoms with E-state index < -0.39 is 15.8 Å². The van der Waals surface area contributed by atoms with Crippen LogP contribution in [0.5, 0.6) is 0 Å². The van der Waals surface area contributed by atoms with Gasteiger partial charge in [-0.1, -0.05) is 11.6 Å². The second-order valence-electron chi connectivity index (χ2n) is 5.09. The number of nitrogens with one attached hydrogen (secondary N) is 1. The Morgan fingerprint density at radius 1 is 1.22 bits per heavy atom. The van der Waals surface area contributed by atoms with E-state index >= 15 is 0 Å². The Hall–Kier alpha value is -2.19. The van der Waals surface area contributed by atoms with Crippen LogP contribution >= 0.6 is 11.6 Å². The maximum Gasteiger partial charge on any atom is 0.265 e. The first kappa shape index (κ1) is 15.7. The van der Waals surface area contributed by atoms with E-state index in [-0.39, 0.29) is 21.4 Å². The van der Waals surface area contributed by atoms with Crippen LogP contribution in [0.2, 0.25) is 5.02 Å². The number of anilines is 1. The smallest absolute Gasteiger partial charge is 0.265 e. The molecule has 1 aromatic carbocycles. The predicted molar refractivity (Wildman–Crippen MR) is 84.7 cm³/mol. The molecule has 3 rings (SSSR count). The number of halogens is 2. The van der Waals surface area contributed by atoms with Crippen molar-refractivity contribution in [3.8, 4) is 0 Å². The summed E-state index contributed by atoms with van der Waals surface area (Å²) in [6.07, 6.45) is 1.65. The van der Waals surface area contributed by atoms with Crippen LogP contribution in [0.4, 0.5) is 10.3 Å². The molecule has 6 nitrogen and oxygen atoms in total. The topological polar surface area (TPSA) is 76.4 Å². The van der Waals surface area contributed by atoms with Crippen molar-refractivity contribution < 1.29 is 12.8 Å². The summed E-state index contributed by atoms with van der Waals surface area (Å²) in [4.78, 5) is -0.220. The van der Waals surface area contributed by atoms with Crippen molar-refractivity contribution in [3.63, 3.8) is 0 Å². The molecule has 0 saturated heterocycles. The van der Waals surface area contributed by atoms with Crippen LogP contribution in [0, 0.1) is 19.7 Å². The van der Waals surface area contributed by atoms with Gasteiger partial charge in [0.05, 0.1) is 5.02 Å². The van der Waals surface area contributed by atoms with Crippen molar-refractivity contribution in [1.82, 2.24) is 14.6 Å². The van der Waals surface area contributed by atoms with E-state index in [4.69, 9.17) is 11.6 Å². The molecule has 0 spiro atoms. The zero-order valence-corrected chi connectivity index (χ0v) is 13.8. The number of hydrogen-bond donors (Lipinski definition) is 1. The Morgan fingerprint density at radius 2 is 1.96 bits per heavy atom. The fraction of sp³-hybridized carbons (Fsp3) is 0.143. The Bertz CT molecular complexity index is 1020. The van der Waals surface area contributed by atoms with Crippen LogP contribution in [0.3, 0.4) is 0 Å². The number of rotatable bonds is 3. The van der Waals surface area contributed by atoms with Crippen molar-refractivity contribution in [3.05, 3.63) is 52.4 Å². The quantitative estimate of drug-likeness (QED) is 0.784. The number of benzene rings is 1. The number of hydrogen-bond acceptors (Lipinski definition) is 4. The summed E-state index contributed by atoms with van der Waals surface area (Å²) in [5.74, 6) is -0.546. The monoisotopic (exact) mass is 354 g/mol. The molecule has 2 aromatic heterocycles. The van der Waals surface area contributed by atoms with Crippen molar-refractivity contribution in [2.24, 2.45) is 0 Å². The van der Waals surface area contributed by atoms with Crippen molar-refractivity contribution in [2.45, 2.75) is 18.7 Å². The molecule has 0 saturated carbocycles. The lowest BCUT2D eigenvalue weighted by Gasteiger charge is -2.09. The maximum atomic E-state index is 13.4. The number of pyridine rings is 1. The van der Waals surface area contributed by atoms with Gasteiger partial charge in [0.1, 0.15) is 10.7 Å². The van der Waals surface area contributed by atoms with Crippen LogP contribution < -0.4 is 4.72 Å². The molecule has 0 fully saturated rings. The van der Waals surface area contributed by atoms with Crippen LogP contribution in [0.1, 0.15) is 11.1 Å². The number of nitrogens with zero attached hydrogens (tertiary/aromatic N) is 3. The van der Waals surface area contributed by atoms with Crippen molar-refractivity contribution >= 4 is 33.2 Å². The lowest BCUT2D eigenvalue weighted by Crippen LogP contribution is -2.16. The second-order valence-corrected chi connectivity index (χ2v) is 7.15. The van der Waals surface area contributed by atoms with Crippen molar-refractivity contribution in [1.29, 1.82) is 0 Å². The van der Waals surface area contributed by atoms with E-state index in [1.54, 1.807) is 18.3 Å². The average molecular weight is 355 g/mol. The van der Waals surface area contributed by atoms with Crippen LogP contribution in [-0.4, -0.2) is 23.0 Å². The molecule has 0 bridgehead atoms. The molecule has 120 valence electrons. The summed E-state index contributed by atoms with van der Waals surface area (Å²) in [5, 5.41) is 7.52. The highest BCUT2D eigenvalue weighted by Crippen LogP contribution is 2.26. The van der Waals surface area contributed by atoms with Gasteiger partial charge in [0.2, 0.25) is 5.95 Å². The molecule has 0 aliphatic carbocycles. The minimum absolute atomic E-state index is 0.0260. The molecule has 23 heavy (non-hydrogen) atoms. The number of aromatic nitrogens is 3. The summed E-state index contributed by atoms with van der Waals surface area (Å²) in [5.41, 5.74) is 1.65. The highest BCUT2D eigenvalue weighted by atomic mass is 35.5. The van der Waals surface area contributed by atoms with Gasteiger partial charge >= 0.3 is 0 Å². The zero-order valence-electron chi connectivity index (χ0n) is 12.2. The molecule has 1 N–H and O–H groups in total. The van der Waals surface area contributed by atoms with Gasteiger partial charge in [0.15, 0.2) is 5.65 Å². The van der Waals surface area contributed by atoms with Gasteiger partial charge < -0.3 is 0 Å². The van der Waals surface area contributed by atoms with Crippen LogP contribution in [0.15, 0.2) is 35.4 Å². The van der Waals surface area contributed by atoms with Gasteiger partial charge in [-0.15, -0.1) is 10.2 Å². The minimum Gasteiger partial charge on any atom is -0.268 e. The van der Waals surface area contributed by atoms with Crippen molar-refractivity contribution in [2.75, 3.05) is 4.72 Å². The minimum atomic E-state index is -4.03. The van der Waals surface area contributed by atoms with Gasteiger partial charge in [-0.2, -0.15) is 0 Å². The molecule has 0 aliphatic rings. The highest BCUT2D eigenvalue weighted by molar-refractivity contribution is 7.92. The predicted octanol–water partition coefficient (Wildman–Crippen LogP) is 2.94. The van der Waals surface area contributed by atoms with Gasteiger partial charge in [-0.25, -0.2) is 17.5 Å². The van der Waals surface area contributed by atoms with Gasteiger partial charge in [-0.3, -0.25) is 4.40 Å².